The molecule has 1 aliphatic heterocycles. The molecule has 0 spiro atoms. The fraction of sp³-hybridized carbons (Fsp3) is 0.588. The molecule has 1 amide bonds. The highest BCUT2D eigenvalue weighted by Crippen LogP contribution is 2.22. The number of nitrogens with one attached hydrogen (secondary N) is 2. The summed E-state index contributed by atoms with van der Waals surface area (Å²) in [6.45, 7) is 8.00. The van der Waals surface area contributed by atoms with Crippen molar-refractivity contribution in [2.45, 2.75) is 24.8 Å². The highest BCUT2D eigenvalue weighted by molar-refractivity contribution is 7.89. The van der Waals surface area contributed by atoms with Crippen LogP contribution in [0.25, 0.3) is 0 Å². The van der Waals surface area contributed by atoms with Gasteiger partial charge in [-0.15, -0.1) is 0 Å². The Morgan fingerprint density at radius 2 is 2.15 bits per heavy atom. The van der Waals surface area contributed by atoms with Gasteiger partial charge in [-0.3, -0.25) is 9.69 Å². The van der Waals surface area contributed by atoms with E-state index in [4.69, 9.17) is 16.3 Å². The second-order valence-corrected chi connectivity index (χ2v) is 8.97. The first-order valence-corrected chi connectivity index (χ1v) is 10.4. The van der Waals surface area contributed by atoms with Crippen LogP contribution in [-0.2, 0) is 14.8 Å². The summed E-state index contributed by atoms with van der Waals surface area (Å²) < 4.78 is 31.9. The van der Waals surface area contributed by atoms with E-state index in [1.165, 1.54) is 25.2 Å². The van der Waals surface area contributed by atoms with Gasteiger partial charge in [0, 0.05) is 31.7 Å². The molecule has 0 saturated carbocycles. The number of morpholine rings is 1. The summed E-state index contributed by atoms with van der Waals surface area (Å²) in [7, 11) is -2.44. The third-order valence-electron chi connectivity index (χ3n) is 4.09. The van der Waals surface area contributed by atoms with Gasteiger partial charge in [0.25, 0.3) is 5.91 Å². The van der Waals surface area contributed by atoms with Crippen molar-refractivity contribution < 1.29 is 17.9 Å². The normalized spacial score (nSPS) is 18.9. The minimum atomic E-state index is -3.73. The van der Waals surface area contributed by atoms with Crippen molar-refractivity contribution in [2.24, 2.45) is 5.92 Å². The van der Waals surface area contributed by atoms with Crippen LogP contribution >= 0.6 is 11.6 Å². The number of amides is 1. The highest BCUT2D eigenvalue weighted by Gasteiger charge is 2.22. The second kappa shape index (κ2) is 9.14. The lowest BCUT2D eigenvalue weighted by Gasteiger charge is -2.33. The Labute approximate surface area is 160 Å². The van der Waals surface area contributed by atoms with Gasteiger partial charge in [-0.1, -0.05) is 25.4 Å². The van der Waals surface area contributed by atoms with Crippen LogP contribution in [0.5, 0.6) is 0 Å². The summed E-state index contributed by atoms with van der Waals surface area (Å²) in [5.74, 6) is 0.212. The van der Waals surface area contributed by atoms with Gasteiger partial charge in [0.2, 0.25) is 10.0 Å². The lowest BCUT2D eigenvalue weighted by Crippen LogP contribution is -2.48. The third-order valence-corrected chi connectivity index (χ3v) is 5.98. The molecule has 1 aliphatic rings. The molecule has 146 valence electrons. The average molecular weight is 404 g/mol. The smallest absolute Gasteiger partial charge is 0.251 e. The number of benzene rings is 1. The van der Waals surface area contributed by atoms with Gasteiger partial charge >= 0.3 is 0 Å². The molecular weight excluding hydrogens is 378 g/mol. The lowest BCUT2D eigenvalue weighted by molar-refractivity contribution is -0.0295. The van der Waals surface area contributed by atoms with E-state index in [9.17, 15) is 13.2 Å². The van der Waals surface area contributed by atoms with Gasteiger partial charge in [-0.05, 0) is 31.2 Å². The van der Waals surface area contributed by atoms with E-state index in [1.807, 2.05) is 0 Å². The van der Waals surface area contributed by atoms with E-state index in [0.717, 1.165) is 19.6 Å². The number of hydrogen-bond donors (Lipinski definition) is 2. The van der Waals surface area contributed by atoms with Gasteiger partial charge in [0.1, 0.15) is 4.90 Å². The maximum atomic E-state index is 12.4. The van der Waals surface area contributed by atoms with Gasteiger partial charge < -0.3 is 10.1 Å². The Bertz CT molecular complexity index is 740. The summed E-state index contributed by atoms with van der Waals surface area (Å²) in [5, 5.41) is 2.88. The molecule has 1 aromatic carbocycles. The molecule has 1 aromatic rings. The minimum Gasteiger partial charge on any atom is -0.374 e. The van der Waals surface area contributed by atoms with Gasteiger partial charge in [-0.25, -0.2) is 13.1 Å². The maximum absolute atomic E-state index is 12.4. The van der Waals surface area contributed by atoms with Crippen LogP contribution < -0.4 is 10.0 Å². The summed E-state index contributed by atoms with van der Waals surface area (Å²) >= 11 is 5.94. The first-order chi connectivity index (χ1) is 12.2. The fourth-order valence-electron chi connectivity index (χ4n) is 2.86. The quantitative estimate of drug-likeness (QED) is 0.717. The predicted molar refractivity (Wildman–Crippen MR) is 101 cm³/mol. The van der Waals surface area contributed by atoms with Crippen molar-refractivity contribution in [3.8, 4) is 0 Å². The zero-order valence-electron chi connectivity index (χ0n) is 15.3. The van der Waals surface area contributed by atoms with Crippen LogP contribution in [0.3, 0.4) is 0 Å². The monoisotopic (exact) mass is 403 g/mol. The molecule has 1 atom stereocenters. The Morgan fingerprint density at radius 1 is 1.42 bits per heavy atom. The number of sulfonamides is 1. The van der Waals surface area contributed by atoms with Crippen molar-refractivity contribution in [1.29, 1.82) is 0 Å². The number of carbonyl (C=O) groups excluding carboxylic acids is 1. The molecule has 26 heavy (non-hydrogen) atoms. The largest absolute Gasteiger partial charge is 0.374 e. The Balaban J connectivity index is 1.99. The number of ether oxygens (including phenoxy) is 1. The first-order valence-electron chi connectivity index (χ1n) is 8.58. The third kappa shape index (κ3) is 5.65. The molecule has 1 unspecified atom stereocenters. The molecule has 0 radical (unpaired) electrons. The Morgan fingerprint density at radius 3 is 2.81 bits per heavy atom. The highest BCUT2D eigenvalue weighted by atomic mass is 35.5. The number of halogens is 1. The number of carbonyl (C=O) groups is 1. The molecular formula is C17H26ClN3O4S. The van der Waals surface area contributed by atoms with Crippen LogP contribution in [0, 0.1) is 5.92 Å². The minimum absolute atomic E-state index is 0.0656. The van der Waals surface area contributed by atoms with Crippen LogP contribution in [0.1, 0.15) is 24.2 Å². The molecule has 7 nitrogen and oxygen atoms in total. The van der Waals surface area contributed by atoms with Crippen molar-refractivity contribution in [1.82, 2.24) is 14.9 Å². The molecule has 0 bridgehead atoms. The predicted octanol–water partition coefficient (Wildman–Crippen LogP) is 1.33. The van der Waals surface area contributed by atoms with Crippen molar-refractivity contribution in [3.63, 3.8) is 0 Å². The summed E-state index contributed by atoms with van der Waals surface area (Å²) in [4.78, 5) is 14.6. The lowest BCUT2D eigenvalue weighted by atomic mass is 10.1. The zero-order chi connectivity index (χ0) is 19.3. The first kappa shape index (κ1) is 21.1. The topological polar surface area (TPSA) is 87.7 Å². The Kier molecular flexibility index (Phi) is 7.42. The average Bonchev–Trinajstić information content (AvgIpc) is 2.59. The van der Waals surface area contributed by atoms with E-state index in [-0.39, 0.29) is 27.5 Å². The van der Waals surface area contributed by atoms with E-state index >= 15 is 0 Å². The standard InChI is InChI=1S/C17H26ClN3O4S/c1-12(2)10-21-6-7-25-14(11-21)9-20-17(22)13-4-5-15(18)16(8-13)26(23,24)19-3/h4-5,8,12,14,19H,6-7,9-11H2,1-3H3,(H,20,22). The number of nitrogens with zero attached hydrogens (tertiary/aromatic N) is 1. The summed E-state index contributed by atoms with van der Waals surface area (Å²) in [5.41, 5.74) is 0.234. The van der Waals surface area contributed by atoms with Crippen molar-refractivity contribution in [2.75, 3.05) is 39.8 Å². The molecule has 1 fully saturated rings. The molecule has 9 heteroatoms. The summed E-state index contributed by atoms with van der Waals surface area (Å²) in [6, 6.07) is 4.18. The van der Waals surface area contributed by atoms with Crippen LogP contribution in [0.4, 0.5) is 0 Å². The van der Waals surface area contributed by atoms with E-state index in [0.29, 0.717) is 19.1 Å². The maximum Gasteiger partial charge on any atom is 0.251 e. The molecule has 1 heterocycles. The summed E-state index contributed by atoms with van der Waals surface area (Å²) in [6.07, 6.45) is -0.0840. The van der Waals surface area contributed by atoms with Gasteiger partial charge in [-0.2, -0.15) is 0 Å². The molecule has 0 aromatic heterocycles. The van der Waals surface area contributed by atoms with Crippen LogP contribution in [-0.4, -0.2) is 65.2 Å². The SMILES string of the molecule is CNS(=O)(=O)c1cc(C(=O)NCC2CN(CC(C)C)CCO2)ccc1Cl. The van der Waals surface area contributed by atoms with E-state index in [1.54, 1.807) is 0 Å². The molecule has 1 saturated heterocycles. The van der Waals surface area contributed by atoms with E-state index < -0.39 is 10.0 Å². The second-order valence-electron chi connectivity index (χ2n) is 6.71. The van der Waals surface area contributed by atoms with Crippen molar-refractivity contribution in [3.05, 3.63) is 28.8 Å². The molecule has 2 N–H and O–H groups in total. The fourth-order valence-corrected chi connectivity index (χ4v) is 4.10. The number of rotatable bonds is 7. The van der Waals surface area contributed by atoms with Crippen LogP contribution in [0.2, 0.25) is 5.02 Å². The number of hydrogen-bond acceptors (Lipinski definition) is 5. The zero-order valence-corrected chi connectivity index (χ0v) is 16.9. The molecule has 2 rings (SSSR count). The van der Waals surface area contributed by atoms with Gasteiger partial charge in [0.15, 0.2) is 0 Å². The van der Waals surface area contributed by atoms with Crippen LogP contribution in [0.15, 0.2) is 23.1 Å². The Hall–Kier alpha value is -1.19. The van der Waals surface area contributed by atoms with E-state index in [2.05, 4.69) is 28.8 Å². The van der Waals surface area contributed by atoms with Crippen molar-refractivity contribution >= 4 is 27.5 Å². The molecule has 0 aliphatic carbocycles. The van der Waals surface area contributed by atoms with Gasteiger partial charge in [0.05, 0.1) is 17.7 Å².